The van der Waals surface area contributed by atoms with Crippen LogP contribution in [-0.2, 0) is 11.2 Å². The van der Waals surface area contributed by atoms with E-state index < -0.39 is 0 Å². The van der Waals surface area contributed by atoms with Crippen molar-refractivity contribution in [1.29, 1.82) is 0 Å². The predicted octanol–water partition coefficient (Wildman–Crippen LogP) is 2.29. The lowest BCUT2D eigenvalue weighted by Gasteiger charge is -2.03. The number of aryl methyl sites for hydroxylation is 1. The third-order valence-electron chi connectivity index (χ3n) is 4.25. The van der Waals surface area contributed by atoms with Crippen molar-refractivity contribution in [2.75, 3.05) is 13.1 Å². The molecule has 0 unspecified atom stereocenters. The second-order valence-corrected chi connectivity index (χ2v) is 5.81. The number of H-pyrrole nitrogens is 1. The number of carbonyl (C=O) groups excluding carboxylic acids is 1. The molecule has 2 aromatic rings. The van der Waals surface area contributed by atoms with Crippen LogP contribution in [0.2, 0.25) is 0 Å². The number of hydrazone groups is 1. The highest BCUT2D eigenvalue weighted by Crippen LogP contribution is 2.23. The van der Waals surface area contributed by atoms with E-state index in [1.165, 1.54) is 5.56 Å². The maximum Gasteiger partial charge on any atom is 0.273 e. The summed E-state index contributed by atoms with van der Waals surface area (Å²) in [6, 6.07) is 3.57. The van der Waals surface area contributed by atoms with Gasteiger partial charge in [-0.15, -0.1) is 0 Å². The fourth-order valence-electron chi connectivity index (χ4n) is 2.94. The van der Waals surface area contributed by atoms with E-state index in [9.17, 15) is 4.79 Å². The molecule has 1 aliphatic rings. The van der Waals surface area contributed by atoms with Crippen molar-refractivity contribution >= 4 is 17.7 Å². The minimum absolute atomic E-state index is 0.220. The Morgan fingerprint density at radius 1 is 1.38 bits per heavy atom. The van der Waals surface area contributed by atoms with Gasteiger partial charge in [0.1, 0.15) is 5.71 Å². The molecule has 1 amide bonds. The summed E-state index contributed by atoms with van der Waals surface area (Å²) in [7, 11) is 0. The zero-order chi connectivity index (χ0) is 17.1. The van der Waals surface area contributed by atoms with E-state index in [2.05, 4.69) is 41.6 Å². The molecule has 3 heterocycles. The SMILES string of the molecule is CCNCCc1c(C)[nH]c(C=C2C(=O)NN=C2c2ccco2)c1C. The molecule has 6 heteroatoms. The third-order valence-corrected chi connectivity index (χ3v) is 4.25. The van der Waals surface area contributed by atoms with Gasteiger partial charge in [-0.25, -0.2) is 5.43 Å². The molecule has 3 rings (SSSR count). The van der Waals surface area contributed by atoms with Gasteiger partial charge in [-0.05, 0) is 62.7 Å². The van der Waals surface area contributed by atoms with Gasteiger partial charge in [-0.3, -0.25) is 4.79 Å². The van der Waals surface area contributed by atoms with Crippen LogP contribution in [0.4, 0.5) is 0 Å². The van der Waals surface area contributed by atoms with Crippen LogP contribution in [0.5, 0.6) is 0 Å². The summed E-state index contributed by atoms with van der Waals surface area (Å²) in [5.74, 6) is 0.357. The third kappa shape index (κ3) is 3.05. The molecule has 126 valence electrons. The van der Waals surface area contributed by atoms with Gasteiger partial charge in [0.05, 0.1) is 11.8 Å². The lowest BCUT2D eigenvalue weighted by atomic mass is 10.0. The number of likely N-dealkylation sites (N-methyl/N-ethyl adjacent to an activating group) is 1. The smallest absolute Gasteiger partial charge is 0.273 e. The Kier molecular flexibility index (Phi) is 4.66. The molecular formula is C18H22N4O2. The molecule has 0 atom stereocenters. The minimum atomic E-state index is -0.220. The molecule has 0 saturated heterocycles. The molecule has 0 radical (unpaired) electrons. The average molecular weight is 326 g/mol. The van der Waals surface area contributed by atoms with Crippen LogP contribution in [0.1, 0.15) is 35.2 Å². The lowest BCUT2D eigenvalue weighted by molar-refractivity contribution is -0.116. The molecule has 1 aliphatic heterocycles. The second-order valence-electron chi connectivity index (χ2n) is 5.81. The van der Waals surface area contributed by atoms with Gasteiger partial charge in [0.25, 0.3) is 5.91 Å². The molecule has 0 spiro atoms. The summed E-state index contributed by atoms with van der Waals surface area (Å²) in [4.78, 5) is 15.5. The first-order valence-electron chi connectivity index (χ1n) is 8.14. The molecule has 2 aromatic heterocycles. The highest BCUT2D eigenvalue weighted by Gasteiger charge is 2.26. The molecule has 0 saturated carbocycles. The number of aromatic amines is 1. The maximum absolute atomic E-state index is 12.1. The van der Waals surface area contributed by atoms with Crippen molar-refractivity contribution in [2.45, 2.75) is 27.2 Å². The van der Waals surface area contributed by atoms with Crippen molar-refractivity contribution < 1.29 is 9.21 Å². The normalized spacial score (nSPS) is 15.9. The fraction of sp³-hybridized carbons (Fsp3) is 0.333. The Morgan fingerprint density at radius 2 is 2.21 bits per heavy atom. The van der Waals surface area contributed by atoms with Crippen LogP contribution in [0.15, 0.2) is 33.5 Å². The van der Waals surface area contributed by atoms with E-state index in [4.69, 9.17) is 4.42 Å². The Hall–Kier alpha value is -2.60. The van der Waals surface area contributed by atoms with E-state index >= 15 is 0 Å². The number of aromatic nitrogens is 1. The summed E-state index contributed by atoms with van der Waals surface area (Å²) in [5.41, 5.74) is 8.07. The number of hydrogen-bond donors (Lipinski definition) is 3. The van der Waals surface area contributed by atoms with Gasteiger partial charge in [0.2, 0.25) is 0 Å². The van der Waals surface area contributed by atoms with Crippen molar-refractivity contribution in [3.63, 3.8) is 0 Å². The molecule has 0 bridgehead atoms. The van der Waals surface area contributed by atoms with Crippen molar-refractivity contribution in [2.24, 2.45) is 5.10 Å². The first-order valence-corrected chi connectivity index (χ1v) is 8.14. The van der Waals surface area contributed by atoms with Gasteiger partial charge in [-0.2, -0.15) is 5.10 Å². The lowest BCUT2D eigenvalue weighted by Crippen LogP contribution is -2.16. The monoisotopic (exact) mass is 326 g/mol. The molecule has 0 aliphatic carbocycles. The minimum Gasteiger partial charge on any atom is -0.463 e. The van der Waals surface area contributed by atoms with E-state index in [0.29, 0.717) is 17.0 Å². The van der Waals surface area contributed by atoms with Crippen LogP contribution in [0.25, 0.3) is 6.08 Å². The number of amides is 1. The summed E-state index contributed by atoms with van der Waals surface area (Å²) in [6.45, 7) is 8.13. The van der Waals surface area contributed by atoms with E-state index in [1.807, 2.05) is 6.08 Å². The largest absolute Gasteiger partial charge is 0.463 e. The van der Waals surface area contributed by atoms with E-state index in [-0.39, 0.29) is 5.91 Å². The van der Waals surface area contributed by atoms with Crippen LogP contribution >= 0.6 is 0 Å². The Balaban J connectivity index is 1.91. The molecule has 24 heavy (non-hydrogen) atoms. The first-order chi connectivity index (χ1) is 11.6. The van der Waals surface area contributed by atoms with Crippen molar-refractivity contribution in [3.05, 3.63) is 52.2 Å². The summed E-state index contributed by atoms with van der Waals surface area (Å²) >= 11 is 0. The van der Waals surface area contributed by atoms with E-state index in [0.717, 1.165) is 36.5 Å². The van der Waals surface area contributed by atoms with Crippen LogP contribution in [0, 0.1) is 13.8 Å². The summed E-state index contributed by atoms with van der Waals surface area (Å²) < 4.78 is 5.38. The predicted molar refractivity (Wildman–Crippen MR) is 93.9 cm³/mol. The Labute approximate surface area is 141 Å². The highest BCUT2D eigenvalue weighted by molar-refractivity contribution is 6.32. The molecule has 3 N–H and O–H groups in total. The topological polar surface area (TPSA) is 82.4 Å². The maximum atomic E-state index is 12.1. The van der Waals surface area contributed by atoms with Crippen LogP contribution in [0.3, 0.4) is 0 Å². The van der Waals surface area contributed by atoms with Gasteiger partial charge >= 0.3 is 0 Å². The molecule has 0 fully saturated rings. The van der Waals surface area contributed by atoms with Gasteiger partial charge < -0.3 is 14.7 Å². The summed E-state index contributed by atoms with van der Waals surface area (Å²) in [5, 5.41) is 7.43. The van der Waals surface area contributed by atoms with Crippen LogP contribution < -0.4 is 10.7 Å². The Morgan fingerprint density at radius 3 is 2.92 bits per heavy atom. The van der Waals surface area contributed by atoms with Gasteiger partial charge in [0.15, 0.2) is 5.76 Å². The quantitative estimate of drug-likeness (QED) is 0.563. The average Bonchev–Trinajstić information content (AvgIpc) is 3.25. The zero-order valence-electron chi connectivity index (χ0n) is 14.2. The molecular weight excluding hydrogens is 304 g/mol. The van der Waals surface area contributed by atoms with E-state index in [1.54, 1.807) is 18.4 Å². The second kappa shape index (κ2) is 6.88. The number of furan rings is 1. The number of nitrogens with one attached hydrogen (secondary N) is 3. The summed E-state index contributed by atoms with van der Waals surface area (Å²) in [6.07, 6.45) is 4.38. The standard InChI is InChI=1S/C18H22N4O2/c1-4-19-8-7-13-11(2)15(20-12(13)3)10-14-17(21-22-18(14)23)16-6-5-9-24-16/h5-6,9-10,19-20H,4,7-8H2,1-3H3,(H,22,23). The van der Waals surface area contributed by atoms with Crippen molar-refractivity contribution in [1.82, 2.24) is 15.7 Å². The molecule has 6 nitrogen and oxygen atoms in total. The number of hydrogen-bond acceptors (Lipinski definition) is 4. The number of nitrogens with zero attached hydrogens (tertiary/aromatic N) is 1. The van der Waals surface area contributed by atoms with Gasteiger partial charge in [0, 0.05) is 11.4 Å². The Bertz CT molecular complexity index is 797. The van der Waals surface area contributed by atoms with Crippen LogP contribution in [-0.4, -0.2) is 29.7 Å². The highest BCUT2D eigenvalue weighted by atomic mass is 16.3. The van der Waals surface area contributed by atoms with Gasteiger partial charge in [-0.1, -0.05) is 6.92 Å². The zero-order valence-corrected chi connectivity index (χ0v) is 14.2. The fourth-order valence-corrected chi connectivity index (χ4v) is 2.94. The number of rotatable bonds is 6. The molecule has 0 aromatic carbocycles. The number of carbonyl (C=O) groups is 1. The first kappa shape index (κ1) is 16.3. The van der Waals surface area contributed by atoms with Crippen molar-refractivity contribution in [3.8, 4) is 0 Å².